The number of methoxy groups -OCH3 is 1. The van der Waals surface area contributed by atoms with Crippen molar-refractivity contribution in [2.45, 2.75) is 25.0 Å². The quantitative estimate of drug-likeness (QED) is 0.398. The molecule has 0 unspecified atom stereocenters. The minimum absolute atomic E-state index is 0.715. The van der Waals surface area contributed by atoms with Crippen LogP contribution in [0.4, 0.5) is 0 Å². The van der Waals surface area contributed by atoms with E-state index in [1.807, 2.05) is 11.6 Å². The molecule has 0 aliphatic carbocycles. The third-order valence-electron chi connectivity index (χ3n) is 2.12. The summed E-state index contributed by atoms with van der Waals surface area (Å²) in [7, 11) is 1.69. The predicted molar refractivity (Wildman–Crippen MR) is 71.4 cm³/mol. The van der Waals surface area contributed by atoms with Crippen LogP contribution in [0.25, 0.3) is 0 Å². The third kappa shape index (κ3) is 6.00. The van der Waals surface area contributed by atoms with Gasteiger partial charge in [0.15, 0.2) is 0 Å². The average Bonchev–Trinajstić information content (AvgIpc) is 2.82. The van der Waals surface area contributed by atoms with Crippen LogP contribution >= 0.6 is 11.8 Å². The molecule has 0 bridgehead atoms. The van der Waals surface area contributed by atoms with Gasteiger partial charge in [-0.25, -0.2) is 4.68 Å². The Morgan fingerprint density at radius 1 is 1.44 bits per heavy atom. The Balaban J connectivity index is 2.23. The molecular weight excluding hydrogens is 250 g/mol. The maximum Gasteiger partial charge on any atom is 0.209 e. The summed E-state index contributed by atoms with van der Waals surface area (Å²) in [4.78, 5) is 0. The number of nitrogens with zero attached hydrogens (tertiary/aromatic N) is 4. The molecule has 0 aliphatic rings. The van der Waals surface area contributed by atoms with E-state index in [0.717, 1.165) is 37.0 Å². The van der Waals surface area contributed by atoms with Gasteiger partial charge < -0.3 is 10.1 Å². The zero-order chi connectivity index (χ0) is 13.1. The van der Waals surface area contributed by atoms with Crippen molar-refractivity contribution < 1.29 is 4.74 Å². The third-order valence-corrected chi connectivity index (χ3v) is 3.08. The van der Waals surface area contributed by atoms with E-state index in [2.05, 4.69) is 32.7 Å². The Labute approximate surface area is 112 Å². The maximum atomic E-state index is 4.95. The van der Waals surface area contributed by atoms with Gasteiger partial charge in [-0.15, -0.1) is 16.9 Å². The lowest BCUT2D eigenvalue weighted by Crippen LogP contribution is -2.24. The van der Waals surface area contributed by atoms with Gasteiger partial charge in [-0.05, 0) is 17.4 Å². The molecule has 0 amide bonds. The lowest BCUT2D eigenvalue weighted by molar-refractivity contribution is 0.199. The van der Waals surface area contributed by atoms with Crippen LogP contribution in [-0.2, 0) is 11.3 Å². The van der Waals surface area contributed by atoms with Gasteiger partial charge in [0.2, 0.25) is 5.16 Å². The molecule has 18 heavy (non-hydrogen) atoms. The summed E-state index contributed by atoms with van der Waals surface area (Å²) >= 11 is 1.63. The Morgan fingerprint density at radius 3 is 3.11 bits per heavy atom. The number of hydrogen-bond acceptors (Lipinski definition) is 6. The predicted octanol–water partition coefficient (Wildman–Crippen LogP) is 0.415. The number of tetrazole rings is 1. The molecule has 0 spiro atoms. The molecule has 1 N–H and O–H groups in total. The first-order chi connectivity index (χ1) is 8.88. The van der Waals surface area contributed by atoms with E-state index < -0.39 is 0 Å². The van der Waals surface area contributed by atoms with Crippen molar-refractivity contribution in [3.05, 3.63) is 0 Å². The summed E-state index contributed by atoms with van der Waals surface area (Å²) in [6.07, 6.45) is 0.861. The second kappa shape index (κ2) is 9.88. The molecule has 0 fully saturated rings. The SMILES string of the molecule is CC#CCCSc1nnnn1CCNCCOC. The fourth-order valence-electron chi connectivity index (χ4n) is 1.24. The highest BCUT2D eigenvalue weighted by Crippen LogP contribution is 2.13. The Morgan fingerprint density at radius 2 is 2.33 bits per heavy atom. The van der Waals surface area contributed by atoms with Crippen molar-refractivity contribution in [2.75, 3.05) is 32.6 Å². The normalized spacial score (nSPS) is 10.1. The summed E-state index contributed by atoms with van der Waals surface area (Å²) in [6, 6.07) is 0. The van der Waals surface area contributed by atoms with Gasteiger partial charge in [0.25, 0.3) is 0 Å². The zero-order valence-electron chi connectivity index (χ0n) is 10.8. The molecule has 1 aromatic heterocycles. The first-order valence-corrected chi connectivity index (χ1v) is 6.85. The number of hydrogen-bond donors (Lipinski definition) is 1. The Kier molecular flexibility index (Phi) is 8.21. The van der Waals surface area contributed by atoms with Gasteiger partial charge in [0.05, 0.1) is 13.2 Å². The Bertz CT molecular complexity index is 384. The smallest absolute Gasteiger partial charge is 0.209 e. The van der Waals surface area contributed by atoms with Crippen LogP contribution in [0.2, 0.25) is 0 Å². The van der Waals surface area contributed by atoms with Gasteiger partial charge in [-0.2, -0.15) is 0 Å². The van der Waals surface area contributed by atoms with Crippen LogP contribution in [0, 0.1) is 11.8 Å². The second-order valence-electron chi connectivity index (χ2n) is 3.45. The topological polar surface area (TPSA) is 64.9 Å². The summed E-state index contributed by atoms with van der Waals surface area (Å²) in [5.41, 5.74) is 0. The number of rotatable bonds is 9. The van der Waals surface area contributed by atoms with Crippen molar-refractivity contribution in [1.82, 2.24) is 25.5 Å². The van der Waals surface area contributed by atoms with Crippen LogP contribution in [0.5, 0.6) is 0 Å². The fourth-order valence-corrected chi connectivity index (χ4v) is 2.00. The van der Waals surface area contributed by atoms with Crippen LogP contribution in [0.15, 0.2) is 5.16 Å². The van der Waals surface area contributed by atoms with Crippen molar-refractivity contribution >= 4 is 11.8 Å². The van der Waals surface area contributed by atoms with Gasteiger partial charge in [0, 0.05) is 32.4 Å². The maximum absolute atomic E-state index is 4.95. The number of aromatic nitrogens is 4. The number of thioether (sulfide) groups is 1. The van der Waals surface area contributed by atoms with Crippen molar-refractivity contribution in [3.8, 4) is 11.8 Å². The van der Waals surface area contributed by atoms with Crippen LogP contribution in [-0.4, -0.2) is 52.8 Å². The van der Waals surface area contributed by atoms with E-state index in [1.54, 1.807) is 18.9 Å². The lowest BCUT2D eigenvalue weighted by Gasteiger charge is -2.05. The molecule has 7 heteroatoms. The molecular formula is C11H19N5OS. The summed E-state index contributed by atoms with van der Waals surface area (Å²) in [5, 5.41) is 15.7. The van der Waals surface area contributed by atoms with E-state index in [-0.39, 0.29) is 0 Å². The molecule has 6 nitrogen and oxygen atoms in total. The van der Waals surface area contributed by atoms with Crippen LogP contribution in [0.3, 0.4) is 0 Å². The molecule has 0 atom stereocenters. The standard InChI is InChI=1S/C11H19N5OS/c1-3-4-5-10-18-11-13-14-15-16(11)8-6-12-7-9-17-2/h12H,5-10H2,1-2H3. The largest absolute Gasteiger partial charge is 0.383 e. The molecule has 0 saturated heterocycles. The van der Waals surface area contributed by atoms with Gasteiger partial charge in [-0.1, -0.05) is 11.8 Å². The highest BCUT2D eigenvalue weighted by molar-refractivity contribution is 7.99. The summed E-state index contributed by atoms with van der Waals surface area (Å²) in [5.74, 6) is 6.81. The van der Waals surface area contributed by atoms with Crippen LogP contribution < -0.4 is 5.32 Å². The van der Waals surface area contributed by atoms with Crippen molar-refractivity contribution in [1.29, 1.82) is 0 Å². The molecule has 0 saturated carbocycles. The zero-order valence-corrected chi connectivity index (χ0v) is 11.7. The highest BCUT2D eigenvalue weighted by atomic mass is 32.2. The second-order valence-corrected chi connectivity index (χ2v) is 4.51. The minimum Gasteiger partial charge on any atom is -0.383 e. The summed E-state index contributed by atoms with van der Waals surface area (Å²) in [6.45, 7) is 5.00. The molecule has 0 radical (unpaired) electrons. The van der Waals surface area contributed by atoms with Crippen molar-refractivity contribution in [2.24, 2.45) is 0 Å². The molecule has 0 aliphatic heterocycles. The van der Waals surface area contributed by atoms with Crippen LogP contribution in [0.1, 0.15) is 13.3 Å². The van der Waals surface area contributed by atoms with Gasteiger partial charge in [0.1, 0.15) is 0 Å². The fraction of sp³-hybridized carbons (Fsp3) is 0.727. The average molecular weight is 269 g/mol. The van der Waals surface area contributed by atoms with E-state index in [4.69, 9.17) is 4.74 Å². The number of nitrogens with one attached hydrogen (secondary N) is 1. The monoisotopic (exact) mass is 269 g/mol. The summed E-state index contributed by atoms with van der Waals surface area (Å²) < 4.78 is 6.76. The molecule has 1 heterocycles. The molecule has 100 valence electrons. The van der Waals surface area contributed by atoms with Crippen molar-refractivity contribution in [3.63, 3.8) is 0 Å². The molecule has 0 aromatic carbocycles. The number of ether oxygens (including phenoxy) is 1. The minimum atomic E-state index is 0.715. The lowest BCUT2D eigenvalue weighted by atomic mass is 10.5. The molecule has 1 rings (SSSR count). The first-order valence-electron chi connectivity index (χ1n) is 5.86. The van der Waals surface area contributed by atoms with E-state index in [9.17, 15) is 0 Å². The van der Waals surface area contributed by atoms with Gasteiger partial charge >= 0.3 is 0 Å². The molecule has 1 aromatic rings. The van der Waals surface area contributed by atoms with Gasteiger partial charge in [-0.3, -0.25) is 0 Å². The van der Waals surface area contributed by atoms with E-state index in [0.29, 0.717) is 6.61 Å². The van der Waals surface area contributed by atoms with E-state index in [1.165, 1.54) is 0 Å². The first kappa shape index (κ1) is 15.0. The highest BCUT2D eigenvalue weighted by Gasteiger charge is 2.05. The Hall–Kier alpha value is -1.10. The van der Waals surface area contributed by atoms with E-state index >= 15 is 0 Å².